The second-order valence-corrected chi connectivity index (χ2v) is 7.08. The predicted molar refractivity (Wildman–Crippen MR) is 74.1 cm³/mol. The van der Waals surface area contributed by atoms with Crippen molar-refractivity contribution in [3.63, 3.8) is 0 Å². The molecule has 0 saturated heterocycles. The molecular formula is C13H20N2O4S. The molecule has 2 rings (SSSR count). The Morgan fingerprint density at radius 3 is 2.60 bits per heavy atom. The lowest BCUT2D eigenvalue weighted by molar-refractivity contribution is 0.0691. The van der Waals surface area contributed by atoms with Gasteiger partial charge in [0.2, 0.25) is 10.0 Å². The Labute approximate surface area is 118 Å². The van der Waals surface area contributed by atoms with Crippen molar-refractivity contribution in [2.75, 3.05) is 0 Å². The lowest BCUT2D eigenvalue weighted by Crippen LogP contribution is -2.38. The van der Waals surface area contributed by atoms with Crippen LogP contribution in [0.5, 0.6) is 0 Å². The third kappa shape index (κ3) is 3.40. The monoisotopic (exact) mass is 300 g/mol. The molecule has 1 aliphatic carbocycles. The third-order valence-corrected chi connectivity index (χ3v) is 5.43. The number of hydrogen-bond acceptors (Lipinski definition) is 3. The van der Waals surface area contributed by atoms with Crippen LogP contribution >= 0.6 is 0 Å². The number of aromatic carboxylic acids is 1. The van der Waals surface area contributed by atoms with Gasteiger partial charge in [0.1, 0.15) is 10.6 Å². The Bertz CT molecular complexity index is 573. The highest BCUT2D eigenvalue weighted by atomic mass is 32.2. The number of carboxylic acids is 1. The maximum absolute atomic E-state index is 12.2. The summed E-state index contributed by atoms with van der Waals surface area (Å²) in [5.74, 6) is -0.816. The lowest BCUT2D eigenvalue weighted by Gasteiger charge is -2.27. The normalized spacial score (nSPS) is 18.9. The molecule has 112 valence electrons. The summed E-state index contributed by atoms with van der Waals surface area (Å²) in [5.41, 5.74) is -0.129. The van der Waals surface area contributed by atoms with Crippen molar-refractivity contribution < 1.29 is 18.3 Å². The van der Waals surface area contributed by atoms with Crippen LogP contribution in [0.1, 0.15) is 49.5 Å². The van der Waals surface area contributed by atoms with Crippen molar-refractivity contribution in [3.8, 4) is 0 Å². The van der Waals surface area contributed by atoms with E-state index in [0.29, 0.717) is 5.92 Å². The van der Waals surface area contributed by atoms with E-state index in [1.807, 2.05) is 6.92 Å². The molecule has 7 heteroatoms. The summed E-state index contributed by atoms with van der Waals surface area (Å²) in [6.07, 6.45) is 6.79. The number of sulfonamides is 1. The number of H-pyrrole nitrogens is 1. The molecule has 0 unspecified atom stereocenters. The van der Waals surface area contributed by atoms with Crippen LogP contribution in [0.15, 0.2) is 17.2 Å². The number of aromatic nitrogens is 1. The van der Waals surface area contributed by atoms with Gasteiger partial charge in [-0.2, -0.15) is 0 Å². The minimum absolute atomic E-state index is 0.0300. The molecule has 1 atom stereocenters. The molecule has 0 amide bonds. The number of nitrogens with one attached hydrogen (secondary N) is 2. The van der Waals surface area contributed by atoms with E-state index in [9.17, 15) is 13.2 Å². The van der Waals surface area contributed by atoms with Crippen LogP contribution in [0, 0.1) is 5.92 Å². The van der Waals surface area contributed by atoms with Crippen LogP contribution in [0.25, 0.3) is 0 Å². The van der Waals surface area contributed by atoms with Crippen LogP contribution in [0.2, 0.25) is 0 Å². The average Bonchev–Trinajstić information content (AvgIpc) is 2.90. The van der Waals surface area contributed by atoms with Gasteiger partial charge in [0.05, 0.1) is 0 Å². The lowest BCUT2D eigenvalue weighted by atomic mass is 9.85. The summed E-state index contributed by atoms with van der Waals surface area (Å²) in [5, 5.41) is 8.80. The van der Waals surface area contributed by atoms with E-state index < -0.39 is 16.0 Å². The van der Waals surface area contributed by atoms with Gasteiger partial charge >= 0.3 is 5.97 Å². The summed E-state index contributed by atoms with van der Waals surface area (Å²) in [4.78, 5) is 13.2. The van der Waals surface area contributed by atoms with E-state index in [1.165, 1.54) is 12.6 Å². The SMILES string of the molecule is C[C@H](NS(=O)(=O)c1c[nH]c(C(=O)O)c1)C1CCCCC1. The zero-order valence-corrected chi connectivity index (χ0v) is 12.2. The van der Waals surface area contributed by atoms with Gasteiger partial charge in [0.25, 0.3) is 0 Å². The smallest absolute Gasteiger partial charge is 0.352 e. The maximum atomic E-state index is 12.2. The second kappa shape index (κ2) is 5.97. The zero-order valence-electron chi connectivity index (χ0n) is 11.4. The fraction of sp³-hybridized carbons (Fsp3) is 0.615. The third-order valence-electron chi connectivity index (χ3n) is 3.90. The number of carbonyl (C=O) groups is 1. The maximum Gasteiger partial charge on any atom is 0.352 e. The predicted octanol–water partition coefficient (Wildman–Crippen LogP) is 1.96. The first-order valence-corrected chi connectivity index (χ1v) is 8.32. The Kier molecular flexibility index (Phi) is 4.49. The molecule has 1 aliphatic rings. The molecule has 1 aromatic heterocycles. The number of carboxylic acid groups (broad SMARTS) is 1. The molecule has 0 bridgehead atoms. The second-order valence-electron chi connectivity index (χ2n) is 5.36. The summed E-state index contributed by atoms with van der Waals surface area (Å²) in [6, 6.07) is 1.00. The molecule has 1 saturated carbocycles. The van der Waals surface area contributed by atoms with Crippen molar-refractivity contribution in [1.29, 1.82) is 0 Å². The molecular weight excluding hydrogens is 280 g/mol. The van der Waals surface area contributed by atoms with E-state index in [4.69, 9.17) is 5.11 Å². The van der Waals surface area contributed by atoms with Crippen molar-refractivity contribution in [2.24, 2.45) is 5.92 Å². The van der Waals surface area contributed by atoms with Crippen LogP contribution < -0.4 is 4.72 Å². The molecule has 0 radical (unpaired) electrons. The summed E-state index contributed by atoms with van der Waals surface area (Å²) >= 11 is 0. The van der Waals surface area contributed by atoms with E-state index >= 15 is 0 Å². The van der Waals surface area contributed by atoms with Crippen LogP contribution in [0.4, 0.5) is 0 Å². The van der Waals surface area contributed by atoms with Crippen molar-refractivity contribution in [2.45, 2.75) is 50.0 Å². The molecule has 6 nitrogen and oxygen atoms in total. The fourth-order valence-electron chi connectivity index (χ4n) is 2.70. The molecule has 20 heavy (non-hydrogen) atoms. The first-order valence-electron chi connectivity index (χ1n) is 6.84. The largest absolute Gasteiger partial charge is 0.477 e. The van der Waals surface area contributed by atoms with Gasteiger partial charge < -0.3 is 10.1 Å². The minimum atomic E-state index is -3.67. The Balaban J connectivity index is 2.07. The zero-order chi connectivity index (χ0) is 14.8. The van der Waals surface area contributed by atoms with Crippen molar-refractivity contribution in [3.05, 3.63) is 18.0 Å². The van der Waals surface area contributed by atoms with Crippen LogP contribution in [0.3, 0.4) is 0 Å². The highest BCUT2D eigenvalue weighted by Gasteiger charge is 2.26. The van der Waals surface area contributed by atoms with Gasteiger partial charge in [0.15, 0.2) is 0 Å². The van der Waals surface area contributed by atoms with E-state index in [2.05, 4.69) is 9.71 Å². The molecule has 0 aromatic carbocycles. The molecule has 1 fully saturated rings. The molecule has 1 heterocycles. The molecule has 0 spiro atoms. The highest BCUT2D eigenvalue weighted by Crippen LogP contribution is 2.27. The fourth-order valence-corrected chi connectivity index (χ4v) is 4.00. The van der Waals surface area contributed by atoms with Gasteiger partial charge in [-0.1, -0.05) is 19.3 Å². The van der Waals surface area contributed by atoms with E-state index in [1.54, 1.807) is 0 Å². The summed E-state index contributed by atoms with van der Waals surface area (Å²) in [6.45, 7) is 1.87. The quantitative estimate of drug-likeness (QED) is 0.774. The Morgan fingerprint density at radius 2 is 2.05 bits per heavy atom. The van der Waals surface area contributed by atoms with Gasteiger partial charge in [0, 0.05) is 12.2 Å². The van der Waals surface area contributed by atoms with E-state index in [0.717, 1.165) is 31.7 Å². The number of rotatable bonds is 5. The number of hydrogen-bond donors (Lipinski definition) is 3. The average molecular weight is 300 g/mol. The van der Waals surface area contributed by atoms with Gasteiger partial charge in [-0.3, -0.25) is 0 Å². The Hall–Kier alpha value is -1.34. The number of aromatic amines is 1. The first kappa shape index (κ1) is 15.1. The molecule has 1 aromatic rings. The topological polar surface area (TPSA) is 99.3 Å². The summed E-state index contributed by atoms with van der Waals surface area (Å²) in [7, 11) is -3.67. The molecule has 0 aliphatic heterocycles. The minimum Gasteiger partial charge on any atom is -0.477 e. The molecule has 3 N–H and O–H groups in total. The standard InChI is InChI=1S/C13H20N2O4S/c1-9(10-5-3-2-4-6-10)15-20(18,19)11-7-12(13(16)17)14-8-11/h7-10,14-15H,2-6H2,1H3,(H,16,17)/t9-/m0/s1. The van der Waals surface area contributed by atoms with Crippen molar-refractivity contribution in [1.82, 2.24) is 9.71 Å². The van der Waals surface area contributed by atoms with Crippen molar-refractivity contribution >= 4 is 16.0 Å². The first-order chi connectivity index (χ1) is 9.40. The van der Waals surface area contributed by atoms with E-state index in [-0.39, 0.29) is 16.6 Å². The highest BCUT2D eigenvalue weighted by molar-refractivity contribution is 7.89. The van der Waals surface area contributed by atoms with Crippen LogP contribution in [-0.2, 0) is 10.0 Å². The van der Waals surface area contributed by atoms with Gasteiger partial charge in [-0.25, -0.2) is 17.9 Å². The van der Waals surface area contributed by atoms with Gasteiger partial charge in [-0.15, -0.1) is 0 Å². The Morgan fingerprint density at radius 1 is 1.40 bits per heavy atom. The van der Waals surface area contributed by atoms with Crippen LogP contribution in [-0.4, -0.2) is 30.5 Å². The summed E-state index contributed by atoms with van der Waals surface area (Å²) < 4.78 is 27.0. The van der Waals surface area contributed by atoms with Gasteiger partial charge in [-0.05, 0) is 31.7 Å².